The van der Waals surface area contributed by atoms with Crippen LogP contribution in [0, 0.1) is 0 Å². The molecule has 0 N–H and O–H groups in total. The van der Waals surface area contributed by atoms with Gasteiger partial charge >= 0.3 is 24.6 Å². The Morgan fingerprint density at radius 2 is 1.42 bits per heavy atom. The first kappa shape index (κ1) is 29.3. The molecule has 1 aliphatic rings. The van der Waals surface area contributed by atoms with Crippen molar-refractivity contribution in [2.24, 2.45) is 0 Å². The molecule has 13 heteroatoms. The Hall–Kier alpha value is -3.22. The van der Waals surface area contributed by atoms with Crippen LogP contribution in [0.25, 0.3) is 5.57 Å². The third-order valence-corrected chi connectivity index (χ3v) is 5.91. The molecular formula is C25H22F9NO3. The highest BCUT2D eigenvalue weighted by atomic mass is 19.4. The predicted molar refractivity (Wildman–Crippen MR) is 119 cm³/mol. The van der Waals surface area contributed by atoms with Crippen molar-refractivity contribution < 1.29 is 53.8 Å². The molecule has 0 spiro atoms. The molecule has 1 heterocycles. The van der Waals surface area contributed by atoms with Crippen LogP contribution in [-0.2, 0) is 28.0 Å². The first-order valence-electron chi connectivity index (χ1n) is 11.2. The zero-order valence-electron chi connectivity index (χ0n) is 20.2. The second kappa shape index (κ2) is 10.5. The van der Waals surface area contributed by atoms with Gasteiger partial charge in [0.05, 0.1) is 35.0 Å². The van der Waals surface area contributed by atoms with Gasteiger partial charge in [-0.1, -0.05) is 13.0 Å². The number of carbonyl (C=O) groups excluding carboxylic acids is 1. The first-order valence-corrected chi connectivity index (χ1v) is 11.2. The molecule has 38 heavy (non-hydrogen) atoms. The van der Waals surface area contributed by atoms with E-state index in [1.54, 1.807) is 6.92 Å². The topological polar surface area (TPSA) is 38.8 Å². The average molecular weight is 555 g/mol. The summed E-state index contributed by atoms with van der Waals surface area (Å²) >= 11 is 0. The Labute approximate surface area is 211 Å². The van der Waals surface area contributed by atoms with E-state index in [2.05, 4.69) is 0 Å². The van der Waals surface area contributed by atoms with Gasteiger partial charge in [-0.15, -0.1) is 0 Å². The van der Waals surface area contributed by atoms with E-state index in [1.807, 2.05) is 0 Å². The molecule has 3 rings (SSSR count). The number of nitrogens with zero attached hydrogens (tertiary/aromatic N) is 1. The molecule has 0 fully saturated rings. The van der Waals surface area contributed by atoms with Gasteiger partial charge in [0.1, 0.15) is 6.10 Å². The number of rotatable bonds is 5. The monoisotopic (exact) mass is 555 g/mol. The number of halogens is 9. The SMILES string of the molecule is CCOC(=O)N1c2ccc(C(F)(F)F)cc2C(C(OC)c2cc(C(F)(F)F)cc(C(F)(F)F)c2)=C[C@H]1CC. The second-order valence-corrected chi connectivity index (χ2v) is 8.35. The highest BCUT2D eigenvalue weighted by molar-refractivity contribution is 5.97. The van der Waals surface area contributed by atoms with Gasteiger partial charge in [0.2, 0.25) is 0 Å². The van der Waals surface area contributed by atoms with Crippen LogP contribution >= 0.6 is 0 Å². The number of methoxy groups -OCH3 is 1. The Kier molecular flexibility index (Phi) is 8.11. The maximum Gasteiger partial charge on any atom is 0.416 e. The van der Waals surface area contributed by atoms with E-state index in [0.29, 0.717) is 24.3 Å². The molecule has 4 nitrogen and oxygen atoms in total. The summed E-state index contributed by atoms with van der Waals surface area (Å²) in [4.78, 5) is 13.8. The smallest absolute Gasteiger partial charge is 0.416 e. The Morgan fingerprint density at radius 1 is 0.868 bits per heavy atom. The molecule has 1 aliphatic heterocycles. The van der Waals surface area contributed by atoms with E-state index in [-0.39, 0.29) is 35.9 Å². The highest BCUT2D eigenvalue weighted by Gasteiger charge is 2.40. The zero-order chi connectivity index (χ0) is 28.6. The van der Waals surface area contributed by atoms with Crippen molar-refractivity contribution in [1.82, 2.24) is 0 Å². The lowest BCUT2D eigenvalue weighted by Crippen LogP contribution is -2.42. The summed E-state index contributed by atoms with van der Waals surface area (Å²) in [6, 6.07) is 2.40. The van der Waals surface area contributed by atoms with Crippen LogP contribution in [0.1, 0.15) is 54.2 Å². The standard InChI is InChI=1S/C25H22F9NO3/c1-4-17-12-19(18-11-14(23(26,27)28)6-7-20(18)35(17)22(36)38-5-2)21(37-3)13-8-15(24(29,30)31)10-16(9-13)25(32,33)34/h6-12,17,21H,4-5H2,1-3H3/t17-,21?/m1/s1. The normalized spacial score (nSPS) is 17.1. The minimum atomic E-state index is -5.15. The average Bonchev–Trinajstić information content (AvgIpc) is 2.82. The first-order chi connectivity index (χ1) is 17.5. The van der Waals surface area contributed by atoms with Crippen molar-refractivity contribution in [2.75, 3.05) is 18.6 Å². The Balaban J connectivity index is 2.31. The number of benzene rings is 2. The van der Waals surface area contributed by atoms with Gasteiger partial charge in [0.15, 0.2) is 0 Å². The summed E-state index contributed by atoms with van der Waals surface area (Å²) in [6.07, 6.45) is -16.2. The van der Waals surface area contributed by atoms with Crippen LogP contribution in [-0.4, -0.2) is 25.9 Å². The summed E-state index contributed by atoms with van der Waals surface area (Å²) in [5, 5.41) is 0. The minimum absolute atomic E-state index is 0.0521. The third-order valence-electron chi connectivity index (χ3n) is 5.91. The third kappa shape index (κ3) is 5.92. The van der Waals surface area contributed by atoms with Gasteiger partial charge in [0.25, 0.3) is 0 Å². The molecule has 2 aromatic carbocycles. The fraction of sp³-hybridized carbons (Fsp3) is 0.400. The molecule has 0 saturated heterocycles. The van der Waals surface area contributed by atoms with E-state index in [1.165, 1.54) is 13.0 Å². The summed E-state index contributed by atoms with van der Waals surface area (Å²) in [7, 11) is 1.00. The van der Waals surface area contributed by atoms with Crippen LogP contribution in [0.4, 0.5) is 50.0 Å². The summed E-state index contributed by atoms with van der Waals surface area (Å²) in [5.41, 5.74) is -5.38. The zero-order valence-corrected chi connectivity index (χ0v) is 20.2. The molecule has 0 aromatic heterocycles. The Morgan fingerprint density at radius 3 is 1.87 bits per heavy atom. The van der Waals surface area contributed by atoms with Crippen LogP contribution in [0.3, 0.4) is 0 Å². The van der Waals surface area contributed by atoms with E-state index in [9.17, 15) is 44.3 Å². The minimum Gasteiger partial charge on any atom is -0.449 e. The van der Waals surface area contributed by atoms with Crippen molar-refractivity contribution in [2.45, 2.75) is 50.9 Å². The molecule has 0 bridgehead atoms. The van der Waals surface area contributed by atoms with E-state index in [0.717, 1.165) is 18.1 Å². The number of carbonyl (C=O) groups is 1. The van der Waals surface area contributed by atoms with Crippen LogP contribution in [0.2, 0.25) is 0 Å². The van der Waals surface area contributed by atoms with Gasteiger partial charge in [-0.05, 0) is 60.9 Å². The maximum atomic E-state index is 13.6. The molecule has 1 amide bonds. The molecule has 0 aliphatic carbocycles. The van der Waals surface area contributed by atoms with Crippen LogP contribution < -0.4 is 4.90 Å². The van der Waals surface area contributed by atoms with Gasteiger partial charge in [-0.25, -0.2) is 4.79 Å². The van der Waals surface area contributed by atoms with Gasteiger partial charge in [0, 0.05) is 12.7 Å². The fourth-order valence-corrected chi connectivity index (χ4v) is 4.23. The lowest BCUT2D eigenvalue weighted by Gasteiger charge is -2.37. The molecule has 2 aromatic rings. The maximum absolute atomic E-state index is 13.6. The Bertz CT molecular complexity index is 1180. The number of anilines is 1. The summed E-state index contributed by atoms with van der Waals surface area (Å²) in [5.74, 6) is 0. The van der Waals surface area contributed by atoms with E-state index in [4.69, 9.17) is 9.47 Å². The van der Waals surface area contributed by atoms with Crippen molar-refractivity contribution in [3.63, 3.8) is 0 Å². The number of hydrogen-bond donors (Lipinski definition) is 0. The largest absolute Gasteiger partial charge is 0.449 e. The molecule has 208 valence electrons. The highest BCUT2D eigenvalue weighted by Crippen LogP contribution is 2.47. The molecule has 1 unspecified atom stereocenters. The predicted octanol–water partition coefficient (Wildman–Crippen LogP) is 8.27. The molecule has 0 radical (unpaired) electrons. The lowest BCUT2D eigenvalue weighted by molar-refractivity contribution is -0.143. The number of alkyl halides is 9. The summed E-state index contributed by atoms with van der Waals surface area (Å²) < 4.78 is 132. The molecular weight excluding hydrogens is 533 g/mol. The number of fused-ring (bicyclic) bond motifs is 1. The van der Waals surface area contributed by atoms with Crippen molar-refractivity contribution in [3.8, 4) is 0 Å². The van der Waals surface area contributed by atoms with Gasteiger partial charge < -0.3 is 9.47 Å². The van der Waals surface area contributed by atoms with E-state index >= 15 is 0 Å². The van der Waals surface area contributed by atoms with Gasteiger partial charge in [-0.2, -0.15) is 39.5 Å². The van der Waals surface area contributed by atoms with Crippen LogP contribution in [0.15, 0.2) is 42.5 Å². The van der Waals surface area contributed by atoms with Crippen molar-refractivity contribution >= 4 is 17.4 Å². The van der Waals surface area contributed by atoms with E-state index < -0.39 is 59.0 Å². The quantitative estimate of drug-likeness (QED) is 0.349. The van der Waals surface area contributed by atoms with Crippen molar-refractivity contribution in [1.29, 1.82) is 0 Å². The second-order valence-electron chi connectivity index (χ2n) is 8.35. The fourth-order valence-electron chi connectivity index (χ4n) is 4.23. The summed E-state index contributed by atoms with van der Waals surface area (Å²) in [6.45, 7) is 3.10. The lowest BCUT2D eigenvalue weighted by atomic mass is 9.86. The molecule has 0 saturated carbocycles. The van der Waals surface area contributed by atoms with Crippen LogP contribution in [0.5, 0.6) is 0 Å². The molecule has 2 atom stereocenters. The number of hydrogen-bond acceptors (Lipinski definition) is 3. The van der Waals surface area contributed by atoms with Crippen molar-refractivity contribution in [3.05, 3.63) is 70.3 Å². The number of amides is 1. The number of ether oxygens (including phenoxy) is 2. The van der Waals surface area contributed by atoms with Gasteiger partial charge in [-0.3, -0.25) is 4.90 Å².